The first-order valence-electron chi connectivity index (χ1n) is 9.62. The Morgan fingerprint density at radius 3 is 2.48 bits per heavy atom. The molecule has 0 aliphatic heterocycles. The number of hydrogen-bond donors (Lipinski definition) is 0. The fourth-order valence-electron chi connectivity index (χ4n) is 4.99. The molecule has 2 unspecified atom stereocenters. The first kappa shape index (κ1) is 16.9. The molecular weight excluding hydrogens is 350 g/mol. The fraction of sp³-hybridized carbons (Fsp3) is 0.333. The molecule has 136 valence electrons. The Kier molecular flexibility index (Phi) is 3.51. The van der Waals surface area contributed by atoms with Crippen LogP contribution in [0, 0.1) is 16.7 Å². The van der Waals surface area contributed by atoms with Crippen molar-refractivity contribution in [2.75, 3.05) is 0 Å². The third kappa shape index (κ3) is 2.31. The summed E-state index contributed by atoms with van der Waals surface area (Å²) in [6.07, 6.45) is 4.28. The zero-order chi connectivity index (χ0) is 18.8. The van der Waals surface area contributed by atoms with Gasteiger partial charge in [0.2, 0.25) is 0 Å². The van der Waals surface area contributed by atoms with Gasteiger partial charge in [0.25, 0.3) is 0 Å². The van der Waals surface area contributed by atoms with Crippen molar-refractivity contribution < 1.29 is 4.79 Å². The van der Waals surface area contributed by atoms with E-state index < -0.39 is 0 Å². The van der Waals surface area contributed by atoms with Gasteiger partial charge in [-0.1, -0.05) is 57.2 Å². The summed E-state index contributed by atoms with van der Waals surface area (Å²) in [4.78, 5) is 17.8. The Hall–Kier alpha value is -2.26. The fourth-order valence-corrected chi connectivity index (χ4v) is 5.96. The normalized spacial score (nSPS) is 27.7. The highest BCUT2D eigenvalue weighted by Gasteiger charge is 2.63. The maximum atomic E-state index is 13.0. The van der Waals surface area contributed by atoms with Crippen molar-refractivity contribution in [3.8, 4) is 10.6 Å². The molecular formula is C24H23NOS. The highest BCUT2D eigenvalue weighted by atomic mass is 32.1. The number of aromatic nitrogens is 1. The maximum absolute atomic E-state index is 13.0. The number of Topliss-reactive ketones (excluding diaryl/α,β-unsaturated/α-hetero) is 1. The Labute approximate surface area is 164 Å². The molecule has 0 spiro atoms. The first-order valence-corrected chi connectivity index (χ1v) is 10.4. The van der Waals surface area contributed by atoms with Gasteiger partial charge in [0.15, 0.2) is 5.78 Å². The van der Waals surface area contributed by atoms with Gasteiger partial charge in [-0.2, -0.15) is 0 Å². The van der Waals surface area contributed by atoms with Crippen LogP contribution in [0.5, 0.6) is 0 Å². The minimum atomic E-state index is -0.190. The number of carbonyl (C=O) groups is 1. The van der Waals surface area contributed by atoms with Crippen LogP contribution < -0.4 is 0 Å². The van der Waals surface area contributed by atoms with E-state index in [-0.39, 0.29) is 10.8 Å². The molecule has 3 aromatic rings. The minimum absolute atomic E-state index is 0.0663. The van der Waals surface area contributed by atoms with Gasteiger partial charge in [0, 0.05) is 11.0 Å². The van der Waals surface area contributed by atoms with Crippen LogP contribution in [0.25, 0.3) is 26.9 Å². The van der Waals surface area contributed by atoms with E-state index in [0.717, 1.165) is 40.1 Å². The lowest BCUT2D eigenvalue weighted by atomic mass is 9.70. The number of rotatable bonds is 2. The number of thiazole rings is 1. The van der Waals surface area contributed by atoms with Crippen molar-refractivity contribution in [1.29, 1.82) is 0 Å². The number of fused-ring (bicyclic) bond motifs is 3. The zero-order valence-electron chi connectivity index (χ0n) is 16.0. The van der Waals surface area contributed by atoms with Crippen LogP contribution in [0.4, 0.5) is 0 Å². The van der Waals surface area contributed by atoms with Gasteiger partial charge in [-0.05, 0) is 53.5 Å². The van der Waals surface area contributed by atoms with E-state index in [1.807, 2.05) is 12.1 Å². The SMILES string of the molecule is CC12CCC(C(=Cc3ccc(-c4nc5ccccc5s4)cc3)C1=O)C2(C)C. The van der Waals surface area contributed by atoms with Crippen LogP contribution in [-0.2, 0) is 4.79 Å². The lowest BCUT2D eigenvalue weighted by molar-refractivity contribution is -0.125. The minimum Gasteiger partial charge on any atom is -0.294 e. The summed E-state index contributed by atoms with van der Waals surface area (Å²) in [6.45, 7) is 6.69. The Morgan fingerprint density at radius 2 is 1.81 bits per heavy atom. The second-order valence-electron chi connectivity index (χ2n) is 8.68. The number of benzene rings is 2. The average Bonchev–Trinajstić information content (AvgIpc) is 3.23. The molecule has 0 N–H and O–H groups in total. The molecule has 2 nitrogen and oxygen atoms in total. The quantitative estimate of drug-likeness (QED) is 0.488. The van der Waals surface area contributed by atoms with E-state index in [9.17, 15) is 4.79 Å². The van der Waals surface area contributed by atoms with E-state index in [1.54, 1.807) is 11.3 Å². The smallest absolute Gasteiger partial charge is 0.165 e. The van der Waals surface area contributed by atoms with Gasteiger partial charge < -0.3 is 0 Å². The number of allylic oxidation sites excluding steroid dienone is 1. The third-order valence-electron chi connectivity index (χ3n) is 7.14. The van der Waals surface area contributed by atoms with E-state index in [4.69, 9.17) is 4.98 Å². The monoisotopic (exact) mass is 373 g/mol. The number of ketones is 1. The summed E-state index contributed by atoms with van der Waals surface area (Å²) in [6, 6.07) is 16.7. The van der Waals surface area contributed by atoms with Crippen molar-refractivity contribution in [2.45, 2.75) is 33.6 Å². The largest absolute Gasteiger partial charge is 0.294 e. The van der Waals surface area contributed by atoms with E-state index >= 15 is 0 Å². The molecule has 2 aliphatic rings. The van der Waals surface area contributed by atoms with Crippen LogP contribution in [0.2, 0.25) is 0 Å². The molecule has 0 amide bonds. The average molecular weight is 374 g/mol. The molecule has 2 aliphatic carbocycles. The molecule has 0 saturated heterocycles. The predicted molar refractivity (Wildman–Crippen MR) is 113 cm³/mol. The predicted octanol–water partition coefficient (Wildman–Crippen LogP) is 6.37. The van der Waals surface area contributed by atoms with E-state index in [1.165, 1.54) is 4.70 Å². The summed E-state index contributed by atoms with van der Waals surface area (Å²) in [7, 11) is 0. The molecule has 0 radical (unpaired) electrons. The number of para-hydroxylation sites is 1. The standard InChI is InChI=1S/C24H23NOS/c1-23(2)18-12-13-24(23,3)21(26)17(18)14-15-8-10-16(11-9-15)22-25-19-6-4-5-7-20(19)27-22/h4-11,14,18H,12-13H2,1-3H3. The van der Waals surface area contributed by atoms with Crippen molar-refractivity contribution in [1.82, 2.24) is 4.98 Å². The van der Waals surface area contributed by atoms with Crippen molar-refractivity contribution in [2.24, 2.45) is 16.7 Å². The lowest BCUT2D eigenvalue weighted by Crippen LogP contribution is -2.32. The molecule has 27 heavy (non-hydrogen) atoms. The molecule has 1 aromatic heterocycles. The van der Waals surface area contributed by atoms with Crippen LogP contribution in [0.3, 0.4) is 0 Å². The second kappa shape index (κ2) is 5.62. The molecule has 2 fully saturated rings. The maximum Gasteiger partial charge on any atom is 0.165 e. The van der Waals surface area contributed by atoms with E-state index in [0.29, 0.717) is 11.7 Å². The molecule has 2 bridgehead atoms. The van der Waals surface area contributed by atoms with E-state index in [2.05, 4.69) is 63.2 Å². The van der Waals surface area contributed by atoms with Crippen LogP contribution in [0.1, 0.15) is 39.2 Å². The van der Waals surface area contributed by atoms with Gasteiger partial charge >= 0.3 is 0 Å². The molecule has 2 aromatic carbocycles. The Balaban J connectivity index is 1.48. The molecule has 5 rings (SSSR count). The number of carbonyl (C=O) groups excluding carboxylic acids is 1. The number of nitrogens with zero attached hydrogens (tertiary/aromatic N) is 1. The highest BCUT2D eigenvalue weighted by molar-refractivity contribution is 7.21. The summed E-state index contributed by atoms with van der Waals surface area (Å²) in [5.74, 6) is 0.748. The topological polar surface area (TPSA) is 30.0 Å². The van der Waals surface area contributed by atoms with Crippen molar-refractivity contribution >= 4 is 33.4 Å². The van der Waals surface area contributed by atoms with Gasteiger partial charge in [-0.3, -0.25) is 4.79 Å². The third-order valence-corrected chi connectivity index (χ3v) is 8.22. The number of hydrogen-bond acceptors (Lipinski definition) is 3. The van der Waals surface area contributed by atoms with Crippen LogP contribution in [0.15, 0.2) is 54.1 Å². The van der Waals surface area contributed by atoms with Gasteiger partial charge in [0.05, 0.1) is 10.2 Å². The lowest BCUT2D eigenvalue weighted by Gasteiger charge is -2.31. The summed E-state index contributed by atoms with van der Waals surface area (Å²) in [5, 5.41) is 1.04. The molecule has 2 atom stereocenters. The van der Waals surface area contributed by atoms with Crippen LogP contribution >= 0.6 is 11.3 Å². The second-order valence-corrected chi connectivity index (χ2v) is 9.71. The van der Waals surface area contributed by atoms with Gasteiger partial charge in [0.1, 0.15) is 5.01 Å². The first-order chi connectivity index (χ1) is 12.9. The van der Waals surface area contributed by atoms with Gasteiger partial charge in [-0.25, -0.2) is 4.98 Å². The Morgan fingerprint density at radius 1 is 1.07 bits per heavy atom. The summed E-state index contributed by atoms with van der Waals surface area (Å²) < 4.78 is 1.21. The molecule has 1 heterocycles. The van der Waals surface area contributed by atoms with Crippen LogP contribution in [-0.4, -0.2) is 10.8 Å². The molecule has 2 saturated carbocycles. The summed E-state index contributed by atoms with van der Waals surface area (Å²) >= 11 is 1.72. The molecule has 3 heteroatoms. The summed E-state index contributed by atoms with van der Waals surface area (Å²) in [5.41, 5.74) is 4.19. The Bertz CT molecular complexity index is 1060. The van der Waals surface area contributed by atoms with Crippen molar-refractivity contribution in [3.05, 3.63) is 59.7 Å². The van der Waals surface area contributed by atoms with Gasteiger partial charge in [-0.15, -0.1) is 11.3 Å². The zero-order valence-corrected chi connectivity index (χ0v) is 16.8. The van der Waals surface area contributed by atoms with Crippen molar-refractivity contribution in [3.63, 3.8) is 0 Å². The highest BCUT2D eigenvalue weighted by Crippen LogP contribution is 2.65.